The molecule has 4 heterocycles. The first-order valence-electron chi connectivity index (χ1n) is 8.29. The van der Waals surface area contributed by atoms with E-state index in [1.54, 1.807) is 30.6 Å². The highest BCUT2D eigenvalue weighted by Gasteiger charge is 2.31. The molecule has 0 atom stereocenters. The van der Waals surface area contributed by atoms with Crippen LogP contribution >= 0.6 is 23.2 Å². The number of amides is 1. The van der Waals surface area contributed by atoms with Crippen LogP contribution in [-0.2, 0) is 0 Å². The fraction of sp³-hybridized carbons (Fsp3) is 0.0588. The van der Waals surface area contributed by atoms with E-state index in [1.807, 2.05) is 0 Å². The third-order valence-corrected chi connectivity index (χ3v) is 4.79. The number of anilines is 3. The zero-order chi connectivity index (χ0) is 20.0. The van der Waals surface area contributed by atoms with Crippen molar-refractivity contribution in [3.8, 4) is 5.88 Å². The van der Waals surface area contributed by atoms with Crippen molar-refractivity contribution in [2.45, 2.75) is 0 Å². The van der Waals surface area contributed by atoms with Gasteiger partial charge in [-0.2, -0.15) is 15.1 Å². The van der Waals surface area contributed by atoms with Gasteiger partial charge >= 0.3 is 0 Å². The summed E-state index contributed by atoms with van der Waals surface area (Å²) in [6.45, 7) is -0.0949. The number of para-hydroxylation sites is 1. The fourth-order valence-electron chi connectivity index (χ4n) is 2.82. The minimum absolute atomic E-state index is 0.0949. The van der Waals surface area contributed by atoms with Crippen molar-refractivity contribution in [2.24, 2.45) is 0 Å². The van der Waals surface area contributed by atoms with Crippen LogP contribution in [0.4, 0.5) is 17.6 Å². The monoisotopic (exact) mass is 428 g/mol. The number of hydrogen-bond acceptors (Lipinski definition) is 8. The van der Waals surface area contributed by atoms with Gasteiger partial charge in [-0.1, -0.05) is 29.3 Å². The highest BCUT2D eigenvalue weighted by molar-refractivity contribution is 6.40. The predicted molar refractivity (Wildman–Crippen MR) is 106 cm³/mol. The van der Waals surface area contributed by atoms with Crippen LogP contribution < -0.4 is 15.0 Å². The standard InChI is InChI=1S/C17H10Cl2N8O2/c18-10-2-1-3-11(19)12(10)27-7-29-14-9(15(27)28)6-21-17(24-14)25-16-20-4-8-5-22-26-13(8)23-16/h1-6H,7H2,(H2,20,21,22,23,24,25,26). The van der Waals surface area contributed by atoms with Crippen LogP contribution in [0, 0.1) is 0 Å². The molecular weight excluding hydrogens is 419 g/mol. The molecule has 2 N–H and O–H groups in total. The van der Waals surface area contributed by atoms with Crippen LogP contribution in [0.1, 0.15) is 10.4 Å². The lowest BCUT2D eigenvalue weighted by Gasteiger charge is -2.29. The summed E-state index contributed by atoms with van der Waals surface area (Å²) < 4.78 is 5.65. The van der Waals surface area contributed by atoms with E-state index in [0.29, 0.717) is 21.4 Å². The predicted octanol–water partition coefficient (Wildman–Crippen LogP) is 3.19. The number of H-pyrrole nitrogens is 1. The van der Waals surface area contributed by atoms with E-state index in [4.69, 9.17) is 27.9 Å². The lowest BCUT2D eigenvalue weighted by Crippen LogP contribution is -2.39. The van der Waals surface area contributed by atoms with E-state index in [2.05, 4.69) is 35.5 Å². The highest BCUT2D eigenvalue weighted by Crippen LogP contribution is 2.36. The van der Waals surface area contributed by atoms with Gasteiger partial charge < -0.3 is 4.74 Å². The molecule has 10 nitrogen and oxygen atoms in total. The van der Waals surface area contributed by atoms with E-state index < -0.39 is 0 Å². The number of nitrogens with one attached hydrogen (secondary N) is 2. The molecule has 12 heteroatoms. The van der Waals surface area contributed by atoms with Gasteiger partial charge in [0.1, 0.15) is 5.56 Å². The molecule has 0 spiro atoms. The zero-order valence-electron chi connectivity index (χ0n) is 14.4. The molecule has 3 aromatic heterocycles. The third kappa shape index (κ3) is 3.08. The topological polar surface area (TPSA) is 122 Å². The molecule has 1 aromatic carbocycles. The second-order valence-electron chi connectivity index (χ2n) is 5.98. The Bertz CT molecular complexity index is 1240. The molecule has 4 aromatic rings. The van der Waals surface area contributed by atoms with E-state index in [-0.39, 0.29) is 36.0 Å². The SMILES string of the molecule is O=C1c2cnc(Nc3ncc4cn[nH]c4n3)nc2OCN1c1c(Cl)cccc1Cl. The molecule has 1 aliphatic rings. The Balaban J connectivity index is 1.43. The van der Waals surface area contributed by atoms with E-state index in [0.717, 1.165) is 5.39 Å². The van der Waals surface area contributed by atoms with Crippen LogP contribution in [0.2, 0.25) is 10.0 Å². The molecular formula is C17H10Cl2N8O2. The van der Waals surface area contributed by atoms with E-state index in [1.165, 1.54) is 11.1 Å². The second-order valence-corrected chi connectivity index (χ2v) is 6.80. The van der Waals surface area contributed by atoms with E-state index in [9.17, 15) is 4.79 Å². The summed E-state index contributed by atoms with van der Waals surface area (Å²) in [5.74, 6) is 0.213. The summed E-state index contributed by atoms with van der Waals surface area (Å²) in [5, 5.41) is 11.0. The van der Waals surface area contributed by atoms with Crippen molar-refractivity contribution in [1.29, 1.82) is 0 Å². The Kier molecular flexibility index (Phi) is 4.14. The van der Waals surface area contributed by atoms with Crippen molar-refractivity contribution >= 4 is 57.7 Å². The first-order valence-corrected chi connectivity index (χ1v) is 9.04. The van der Waals surface area contributed by atoms with Crippen LogP contribution in [-0.4, -0.2) is 42.8 Å². The van der Waals surface area contributed by atoms with Gasteiger partial charge in [0.2, 0.25) is 17.8 Å². The van der Waals surface area contributed by atoms with Crippen molar-refractivity contribution in [1.82, 2.24) is 30.1 Å². The maximum Gasteiger partial charge on any atom is 0.268 e. The van der Waals surface area contributed by atoms with E-state index >= 15 is 0 Å². The molecule has 0 radical (unpaired) electrons. The Morgan fingerprint density at radius 2 is 1.83 bits per heavy atom. The normalized spacial score (nSPS) is 13.3. The zero-order valence-corrected chi connectivity index (χ0v) is 15.9. The maximum absolute atomic E-state index is 12.9. The first-order chi connectivity index (χ1) is 14.1. The molecule has 144 valence electrons. The molecule has 0 unspecified atom stereocenters. The van der Waals surface area contributed by atoms with Gasteiger partial charge in [-0.25, -0.2) is 9.97 Å². The summed E-state index contributed by atoms with van der Waals surface area (Å²) in [5.41, 5.74) is 1.12. The summed E-state index contributed by atoms with van der Waals surface area (Å²) in [7, 11) is 0. The van der Waals surface area contributed by atoms with Gasteiger partial charge in [-0.05, 0) is 12.1 Å². The van der Waals surface area contributed by atoms with Crippen LogP contribution in [0.25, 0.3) is 11.0 Å². The molecule has 0 aliphatic carbocycles. The minimum Gasteiger partial charge on any atom is -0.455 e. The fourth-order valence-corrected chi connectivity index (χ4v) is 3.43. The molecule has 0 saturated heterocycles. The van der Waals surface area contributed by atoms with Gasteiger partial charge in [-0.3, -0.25) is 20.1 Å². The molecule has 0 saturated carbocycles. The average Bonchev–Trinajstić information content (AvgIpc) is 3.17. The number of hydrogen-bond donors (Lipinski definition) is 2. The number of aromatic amines is 1. The first kappa shape index (κ1) is 17.6. The number of ether oxygens (including phenoxy) is 1. The quantitative estimate of drug-likeness (QED) is 0.509. The average molecular weight is 429 g/mol. The number of rotatable bonds is 3. The summed E-state index contributed by atoms with van der Waals surface area (Å²) in [6.07, 6.45) is 4.58. The molecule has 5 rings (SSSR count). The van der Waals surface area contributed by atoms with Gasteiger partial charge in [0.15, 0.2) is 12.4 Å². The number of benzene rings is 1. The molecule has 1 aliphatic heterocycles. The molecule has 0 bridgehead atoms. The third-order valence-electron chi connectivity index (χ3n) is 4.18. The number of carbonyl (C=O) groups is 1. The smallest absolute Gasteiger partial charge is 0.268 e. The second kappa shape index (κ2) is 6.83. The Morgan fingerprint density at radius 3 is 2.66 bits per heavy atom. The van der Waals surface area contributed by atoms with Crippen molar-refractivity contribution < 1.29 is 9.53 Å². The van der Waals surface area contributed by atoms with Gasteiger partial charge in [0.25, 0.3) is 5.91 Å². The summed E-state index contributed by atoms with van der Waals surface area (Å²) >= 11 is 12.4. The number of halogens is 2. The summed E-state index contributed by atoms with van der Waals surface area (Å²) in [4.78, 5) is 31.1. The number of nitrogens with zero attached hydrogens (tertiary/aromatic N) is 6. The Morgan fingerprint density at radius 1 is 1.07 bits per heavy atom. The van der Waals surface area contributed by atoms with Crippen LogP contribution in [0.15, 0.2) is 36.8 Å². The van der Waals surface area contributed by atoms with Crippen molar-refractivity contribution in [2.75, 3.05) is 16.9 Å². The maximum atomic E-state index is 12.9. The number of carbonyl (C=O) groups excluding carboxylic acids is 1. The van der Waals surface area contributed by atoms with Crippen molar-refractivity contribution in [3.63, 3.8) is 0 Å². The number of aromatic nitrogens is 6. The van der Waals surface area contributed by atoms with Gasteiger partial charge in [0.05, 0.1) is 27.3 Å². The van der Waals surface area contributed by atoms with Gasteiger partial charge in [-0.15, -0.1) is 0 Å². The molecule has 0 fully saturated rings. The van der Waals surface area contributed by atoms with Crippen molar-refractivity contribution in [3.05, 3.63) is 52.4 Å². The lowest BCUT2D eigenvalue weighted by atomic mass is 10.2. The number of fused-ring (bicyclic) bond motifs is 2. The summed E-state index contributed by atoms with van der Waals surface area (Å²) in [6, 6.07) is 4.98. The Hall–Kier alpha value is -3.50. The highest BCUT2D eigenvalue weighted by atomic mass is 35.5. The minimum atomic E-state index is -0.372. The largest absolute Gasteiger partial charge is 0.455 e. The van der Waals surface area contributed by atoms with Crippen LogP contribution in [0.3, 0.4) is 0 Å². The van der Waals surface area contributed by atoms with Gasteiger partial charge in [0, 0.05) is 12.4 Å². The Labute approximate surface area is 172 Å². The molecule has 1 amide bonds. The lowest BCUT2D eigenvalue weighted by molar-refractivity contribution is 0.0932. The molecule has 29 heavy (non-hydrogen) atoms. The van der Waals surface area contributed by atoms with Crippen LogP contribution in [0.5, 0.6) is 5.88 Å².